The average molecular weight is 331 g/mol. The lowest BCUT2D eigenvalue weighted by atomic mass is 10.2. The summed E-state index contributed by atoms with van der Waals surface area (Å²) < 4.78 is 36.4. The van der Waals surface area contributed by atoms with Crippen LogP contribution >= 0.6 is 27.5 Å². The van der Waals surface area contributed by atoms with Gasteiger partial charge < -0.3 is 5.32 Å². The molecule has 0 aliphatic heterocycles. The minimum absolute atomic E-state index is 0.0920. The van der Waals surface area contributed by atoms with Crippen LogP contribution in [-0.2, 0) is 6.54 Å². The smallest absolute Gasteiger partial charge is 0.313 e. The first-order valence-corrected chi connectivity index (χ1v) is 6.27. The molecule has 1 N–H and O–H groups in total. The molecule has 0 atom stereocenters. The van der Waals surface area contributed by atoms with Crippen LogP contribution < -0.4 is 5.32 Å². The maximum Gasteiger partial charge on any atom is 0.389 e. The predicted molar refractivity (Wildman–Crippen MR) is 66.1 cm³/mol. The number of benzene rings is 1. The monoisotopic (exact) mass is 329 g/mol. The molecule has 96 valence electrons. The lowest BCUT2D eigenvalue weighted by molar-refractivity contribution is -0.135. The van der Waals surface area contributed by atoms with Crippen LogP contribution in [0.1, 0.15) is 18.4 Å². The molecule has 0 aliphatic rings. The molecule has 6 heteroatoms. The van der Waals surface area contributed by atoms with Crippen molar-refractivity contribution in [3.63, 3.8) is 0 Å². The minimum atomic E-state index is -4.07. The van der Waals surface area contributed by atoms with Crippen molar-refractivity contribution in [1.29, 1.82) is 0 Å². The van der Waals surface area contributed by atoms with E-state index in [0.29, 0.717) is 18.1 Å². The molecular formula is C11H12BrClF3N. The molecule has 0 bridgehead atoms. The molecule has 1 nitrogen and oxygen atoms in total. The molecule has 0 saturated carbocycles. The summed E-state index contributed by atoms with van der Waals surface area (Å²) in [6.07, 6.45) is -4.72. The Hall–Kier alpha value is -0.260. The number of hydrogen-bond donors (Lipinski definition) is 1. The second-order valence-electron chi connectivity index (χ2n) is 3.63. The van der Waals surface area contributed by atoms with Crippen molar-refractivity contribution >= 4 is 27.5 Å². The van der Waals surface area contributed by atoms with Crippen LogP contribution in [0.15, 0.2) is 22.7 Å². The zero-order valence-electron chi connectivity index (χ0n) is 8.95. The van der Waals surface area contributed by atoms with Crippen molar-refractivity contribution in [3.8, 4) is 0 Å². The number of halogens is 5. The van der Waals surface area contributed by atoms with Gasteiger partial charge in [0.25, 0.3) is 0 Å². The Balaban J connectivity index is 2.27. The van der Waals surface area contributed by atoms with E-state index >= 15 is 0 Å². The van der Waals surface area contributed by atoms with Crippen LogP contribution in [0.2, 0.25) is 5.02 Å². The number of alkyl halides is 3. The summed E-state index contributed by atoms with van der Waals surface area (Å²) in [5.74, 6) is 0. The molecule has 1 aromatic carbocycles. The number of rotatable bonds is 5. The van der Waals surface area contributed by atoms with Crippen LogP contribution in [0.25, 0.3) is 0 Å². The lowest BCUT2D eigenvalue weighted by Crippen LogP contribution is -2.17. The highest BCUT2D eigenvalue weighted by molar-refractivity contribution is 9.10. The number of nitrogens with one attached hydrogen (secondary N) is 1. The third kappa shape index (κ3) is 6.29. The minimum Gasteiger partial charge on any atom is -0.313 e. The maximum atomic E-state index is 11.9. The molecule has 1 rings (SSSR count). The van der Waals surface area contributed by atoms with Gasteiger partial charge in [0.15, 0.2) is 0 Å². The first kappa shape index (κ1) is 14.8. The van der Waals surface area contributed by atoms with Gasteiger partial charge in [-0.15, -0.1) is 0 Å². The van der Waals surface area contributed by atoms with Gasteiger partial charge in [-0.3, -0.25) is 0 Å². The van der Waals surface area contributed by atoms with Gasteiger partial charge in [0.05, 0.1) is 0 Å². The zero-order chi connectivity index (χ0) is 12.9. The van der Waals surface area contributed by atoms with Crippen LogP contribution in [0.5, 0.6) is 0 Å². The molecule has 1 aromatic rings. The highest BCUT2D eigenvalue weighted by Crippen LogP contribution is 2.22. The molecular weight excluding hydrogens is 318 g/mol. The van der Waals surface area contributed by atoms with E-state index < -0.39 is 12.6 Å². The third-order valence-electron chi connectivity index (χ3n) is 2.14. The van der Waals surface area contributed by atoms with E-state index in [9.17, 15) is 13.2 Å². The van der Waals surface area contributed by atoms with Crippen LogP contribution in [-0.4, -0.2) is 12.7 Å². The second kappa shape index (κ2) is 6.61. The Bertz CT molecular complexity index is 368. The molecule has 0 aliphatic carbocycles. The van der Waals surface area contributed by atoms with Crippen molar-refractivity contribution in [2.24, 2.45) is 0 Å². The lowest BCUT2D eigenvalue weighted by Gasteiger charge is -2.08. The highest BCUT2D eigenvalue weighted by atomic mass is 79.9. The molecule has 0 spiro atoms. The molecule has 0 unspecified atom stereocenters. The summed E-state index contributed by atoms with van der Waals surface area (Å²) in [6, 6.07) is 5.34. The van der Waals surface area contributed by atoms with Gasteiger partial charge in [0.2, 0.25) is 0 Å². The van der Waals surface area contributed by atoms with Gasteiger partial charge >= 0.3 is 6.18 Å². The van der Waals surface area contributed by atoms with E-state index in [1.54, 1.807) is 12.1 Å². The van der Waals surface area contributed by atoms with Crippen LogP contribution in [0, 0.1) is 0 Å². The summed E-state index contributed by atoms with van der Waals surface area (Å²) in [4.78, 5) is 0. The van der Waals surface area contributed by atoms with Gasteiger partial charge in [0.1, 0.15) is 0 Å². The van der Waals surface area contributed by atoms with E-state index in [1.165, 1.54) is 0 Å². The molecule has 17 heavy (non-hydrogen) atoms. The Morgan fingerprint density at radius 1 is 1.29 bits per heavy atom. The highest BCUT2D eigenvalue weighted by Gasteiger charge is 2.25. The summed E-state index contributed by atoms with van der Waals surface area (Å²) >= 11 is 9.12. The summed E-state index contributed by atoms with van der Waals surface area (Å²) in [5.41, 5.74) is 0.974. The van der Waals surface area contributed by atoms with Crippen molar-refractivity contribution < 1.29 is 13.2 Å². The molecule has 0 radical (unpaired) electrons. The second-order valence-corrected chi connectivity index (χ2v) is 4.92. The molecule has 0 fully saturated rings. The van der Waals surface area contributed by atoms with Gasteiger partial charge in [0, 0.05) is 22.5 Å². The van der Waals surface area contributed by atoms with E-state index in [2.05, 4.69) is 21.2 Å². The standard InChI is InChI=1S/C11H12BrClF3N/c12-10-6-9(13)3-2-8(10)7-17-5-1-4-11(14,15)16/h2-3,6,17H,1,4-5,7H2. The van der Waals surface area contributed by atoms with E-state index in [1.807, 2.05) is 6.07 Å². The van der Waals surface area contributed by atoms with Gasteiger partial charge in [-0.05, 0) is 30.7 Å². The summed E-state index contributed by atoms with van der Waals surface area (Å²) in [5, 5.41) is 3.58. The Labute approximate surface area is 111 Å². The fourth-order valence-corrected chi connectivity index (χ4v) is 2.12. The van der Waals surface area contributed by atoms with Gasteiger partial charge in [-0.25, -0.2) is 0 Å². The first-order valence-electron chi connectivity index (χ1n) is 5.10. The van der Waals surface area contributed by atoms with Crippen molar-refractivity contribution in [3.05, 3.63) is 33.3 Å². The zero-order valence-corrected chi connectivity index (χ0v) is 11.3. The average Bonchev–Trinajstić information content (AvgIpc) is 2.18. The van der Waals surface area contributed by atoms with Crippen molar-refractivity contribution in [1.82, 2.24) is 5.32 Å². The normalized spacial score (nSPS) is 11.8. The fraction of sp³-hybridized carbons (Fsp3) is 0.455. The SMILES string of the molecule is FC(F)(F)CCCNCc1ccc(Cl)cc1Br. The largest absolute Gasteiger partial charge is 0.389 e. The molecule has 0 amide bonds. The van der Waals surface area contributed by atoms with Gasteiger partial charge in [-0.1, -0.05) is 33.6 Å². The maximum absolute atomic E-state index is 11.9. The molecule has 0 aromatic heterocycles. The van der Waals surface area contributed by atoms with Crippen molar-refractivity contribution in [2.75, 3.05) is 6.54 Å². The molecule has 0 saturated heterocycles. The van der Waals surface area contributed by atoms with E-state index in [-0.39, 0.29) is 6.42 Å². The summed E-state index contributed by atoms with van der Waals surface area (Å²) in [7, 11) is 0. The Kier molecular flexibility index (Phi) is 5.76. The predicted octanol–water partition coefficient (Wildman–Crippen LogP) is 4.53. The third-order valence-corrected chi connectivity index (χ3v) is 3.12. The number of hydrogen-bond acceptors (Lipinski definition) is 1. The first-order chi connectivity index (χ1) is 7.88. The molecule has 0 heterocycles. The van der Waals surface area contributed by atoms with Crippen LogP contribution in [0.4, 0.5) is 13.2 Å². The quantitative estimate of drug-likeness (QED) is 0.782. The summed E-state index contributed by atoms with van der Waals surface area (Å²) in [6.45, 7) is 0.865. The fourth-order valence-electron chi connectivity index (χ4n) is 1.30. The topological polar surface area (TPSA) is 12.0 Å². The van der Waals surface area contributed by atoms with E-state index in [4.69, 9.17) is 11.6 Å². The Morgan fingerprint density at radius 3 is 2.59 bits per heavy atom. The van der Waals surface area contributed by atoms with E-state index in [0.717, 1.165) is 10.0 Å². The Morgan fingerprint density at radius 2 is 2.00 bits per heavy atom. The van der Waals surface area contributed by atoms with Gasteiger partial charge in [-0.2, -0.15) is 13.2 Å². The van der Waals surface area contributed by atoms with Crippen molar-refractivity contribution in [2.45, 2.75) is 25.6 Å². The van der Waals surface area contributed by atoms with Crippen LogP contribution in [0.3, 0.4) is 0 Å².